The first kappa shape index (κ1) is 6.21. The van der Waals surface area contributed by atoms with Gasteiger partial charge in [0, 0.05) is 13.2 Å². The number of hydrogen-bond donors (Lipinski definition) is 0. The second-order valence-electron chi connectivity index (χ2n) is 2.00. The Balaban J connectivity index is 2.59. The lowest BCUT2D eigenvalue weighted by Gasteiger charge is -2.04. The Kier molecular flexibility index (Phi) is 1.40. The monoisotopic (exact) mass is 247 g/mol. The van der Waals surface area contributed by atoms with Gasteiger partial charge in [0.05, 0.1) is 17.6 Å². The smallest absolute Gasteiger partial charge is 0.121 e. The average molecular weight is 247 g/mol. The number of fused-ring (bicyclic) bond motifs is 1. The van der Waals surface area contributed by atoms with Crippen molar-refractivity contribution >= 4 is 32.7 Å². The second-order valence-corrected chi connectivity index (χ2v) is 4.36. The highest BCUT2D eigenvalue weighted by Gasteiger charge is 2.10. The highest BCUT2D eigenvalue weighted by atomic mass is 127. The molecule has 1 aliphatic rings. The number of halogens is 1. The molecule has 1 aliphatic heterocycles. The minimum Gasteiger partial charge on any atom is -0.305 e. The van der Waals surface area contributed by atoms with Gasteiger partial charge in [-0.3, -0.25) is 4.98 Å². The minimum atomic E-state index is -0.132. The molecule has 1 aromatic heterocycles. The van der Waals surface area contributed by atoms with Crippen molar-refractivity contribution in [2.75, 3.05) is 10.2 Å². The molecule has 4 heteroatoms. The van der Waals surface area contributed by atoms with Crippen molar-refractivity contribution in [3.05, 3.63) is 18.5 Å². The maximum atomic E-state index is 4.38. The largest absolute Gasteiger partial charge is 0.305 e. The topological polar surface area (TPSA) is 28.5 Å². The number of nitrogens with zero attached hydrogens (tertiary/aromatic N) is 3. The fourth-order valence-electron chi connectivity index (χ4n) is 0.826. The molecule has 0 bridgehead atoms. The Morgan fingerprint density at radius 2 is 2.50 bits per heavy atom. The van der Waals surface area contributed by atoms with Gasteiger partial charge in [-0.2, -0.15) is 0 Å². The van der Waals surface area contributed by atoms with Crippen LogP contribution < -0.4 is 3.11 Å². The van der Waals surface area contributed by atoms with E-state index in [0.29, 0.717) is 0 Å². The number of hydrogen-bond acceptors (Lipinski definition) is 3. The summed E-state index contributed by atoms with van der Waals surface area (Å²) >= 11 is -0.132. The Morgan fingerprint density at radius 3 is 3.30 bits per heavy atom. The molecule has 0 aliphatic carbocycles. The van der Waals surface area contributed by atoms with Gasteiger partial charge in [-0.15, -0.1) is 0 Å². The van der Waals surface area contributed by atoms with E-state index in [9.17, 15) is 0 Å². The Labute approximate surface area is 69.6 Å². The molecule has 3 nitrogen and oxygen atoms in total. The zero-order chi connectivity index (χ0) is 6.97. The molecule has 0 unspecified atom stereocenters. The summed E-state index contributed by atoms with van der Waals surface area (Å²) in [7, 11) is 2.06. The van der Waals surface area contributed by atoms with Crippen molar-refractivity contribution in [2.45, 2.75) is 0 Å². The third kappa shape index (κ3) is 0.828. The third-order valence-electron chi connectivity index (χ3n) is 1.35. The van der Waals surface area contributed by atoms with Crippen LogP contribution in [0.3, 0.4) is 0 Å². The van der Waals surface area contributed by atoms with Crippen molar-refractivity contribution in [3.63, 3.8) is 0 Å². The fourth-order valence-corrected chi connectivity index (χ4v) is 2.39. The van der Waals surface area contributed by atoms with Crippen LogP contribution in [0.4, 0.5) is 11.4 Å². The molecular weight excluding hydrogens is 241 g/mol. The van der Waals surface area contributed by atoms with Crippen LogP contribution in [-0.2, 0) is 0 Å². The number of anilines is 1. The van der Waals surface area contributed by atoms with E-state index in [-0.39, 0.29) is 21.3 Å². The van der Waals surface area contributed by atoms with Crippen molar-refractivity contribution in [1.82, 2.24) is 4.98 Å². The lowest BCUT2D eigenvalue weighted by molar-refractivity contribution is 1.28. The summed E-state index contributed by atoms with van der Waals surface area (Å²) in [4.78, 5) is 4.02. The van der Waals surface area contributed by atoms with Crippen LogP contribution in [-0.4, -0.2) is 12.0 Å². The molecule has 52 valence electrons. The Bertz CT molecular complexity index is 284. The number of pyridine rings is 1. The van der Waals surface area contributed by atoms with Gasteiger partial charge < -0.3 is 3.11 Å². The molecule has 2 heterocycles. The van der Waals surface area contributed by atoms with E-state index in [2.05, 4.69) is 18.3 Å². The van der Waals surface area contributed by atoms with Gasteiger partial charge in [0.2, 0.25) is 0 Å². The SMILES string of the molecule is CN1I=Nc2ccncc21. The Hall–Kier alpha value is -0.520. The van der Waals surface area contributed by atoms with Gasteiger partial charge >= 0.3 is 0 Å². The van der Waals surface area contributed by atoms with E-state index < -0.39 is 0 Å². The zero-order valence-corrected chi connectivity index (χ0v) is 7.61. The molecule has 1 aromatic rings. The molecule has 0 saturated carbocycles. The van der Waals surface area contributed by atoms with Gasteiger partial charge in [0.1, 0.15) is 21.3 Å². The van der Waals surface area contributed by atoms with Crippen LogP contribution in [0.25, 0.3) is 0 Å². The van der Waals surface area contributed by atoms with Crippen molar-refractivity contribution in [3.8, 4) is 0 Å². The molecule has 0 atom stereocenters. The first-order valence-corrected chi connectivity index (χ1v) is 4.84. The third-order valence-corrected chi connectivity index (χ3v) is 3.25. The molecule has 0 aromatic carbocycles. The van der Waals surface area contributed by atoms with E-state index >= 15 is 0 Å². The van der Waals surface area contributed by atoms with Gasteiger partial charge in [-0.25, -0.2) is 3.15 Å². The van der Waals surface area contributed by atoms with E-state index in [4.69, 9.17) is 0 Å². The fraction of sp³-hybridized carbons (Fsp3) is 0.167. The summed E-state index contributed by atoms with van der Waals surface area (Å²) in [6.45, 7) is 0. The predicted octanol–water partition coefficient (Wildman–Crippen LogP) is 2.23. The maximum absolute atomic E-state index is 4.38. The lowest BCUT2D eigenvalue weighted by Crippen LogP contribution is -1.97. The molecule has 0 saturated heterocycles. The van der Waals surface area contributed by atoms with Crippen molar-refractivity contribution in [2.24, 2.45) is 3.15 Å². The van der Waals surface area contributed by atoms with Gasteiger partial charge in [-0.1, -0.05) is 0 Å². The molecule has 10 heavy (non-hydrogen) atoms. The second kappa shape index (κ2) is 2.26. The standard InChI is InChI=1S/C6H6IN3/c1-10-6-4-8-3-2-5(6)9-7-10/h2-4H,1H3. The average Bonchev–Trinajstić information content (AvgIpc) is 2.34. The first-order valence-electron chi connectivity index (χ1n) is 2.91. The molecule has 2 rings (SSSR count). The molecule has 0 N–H and O–H groups in total. The lowest BCUT2D eigenvalue weighted by atomic mass is 10.4. The highest BCUT2D eigenvalue weighted by Crippen LogP contribution is 2.39. The van der Waals surface area contributed by atoms with Gasteiger partial charge in [0.15, 0.2) is 0 Å². The van der Waals surface area contributed by atoms with E-state index in [1.807, 2.05) is 12.3 Å². The van der Waals surface area contributed by atoms with Crippen LogP contribution in [0.1, 0.15) is 0 Å². The molecular formula is C6H6IN3. The molecule has 0 radical (unpaired) electrons. The van der Waals surface area contributed by atoms with E-state index in [1.54, 1.807) is 6.20 Å². The van der Waals surface area contributed by atoms with Gasteiger partial charge in [0.25, 0.3) is 0 Å². The van der Waals surface area contributed by atoms with Crippen molar-refractivity contribution < 1.29 is 0 Å². The zero-order valence-electron chi connectivity index (χ0n) is 5.45. The van der Waals surface area contributed by atoms with Crippen LogP contribution in [0.2, 0.25) is 0 Å². The summed E-state index contributed by atoms with van der Waals surface area (Å²) < 4.78 is 6.56. The summed E-state index contributed by atoms with van der Waals surface area (Å²) in [5.74, 6) is 0. The minimum absolute atomic E-state index is 0.132. The Morgan fingerprint density at radius 1 is 1.60 bits per heavy atom. The number of aromatic nitrogens is 1. The van der Waals surface area contributed by atoms with Crippen LogP contribution in [0.15, 0.2) is 21.6 Å². The summed E-state index contributed by atoms with van der Waals surface area (Å²) in [5.41, 5.74) is 2.28. The van der Waals surface area contributed by atoms with Gasteiger partial charge in [-0.05, 0) is 6.07 Å². The summed E-state index contributed by atoms with van der Waals surface area (Å²) in [6.07, 6.45) is 3.65. The van der Waals surface area contributed by atoms with Crippen LogP contribution in [0, 0.1) is 0 Å². The quantitative estimate of drug-likeness (QED) is 0.519. The summed E-state index contributed by atoms with van der Waals surface area (Å²) in [5, 5.41) is 0. The highest BCUT2D eigenvalue weighted by molar-refractivity contribution is 14.2. The number of rotatable bonds is 0. The molecule has 0 amide bonds. The van der Waals surface area contributed by atoms with Crippen LogP contribution >= 0.6 is 21.3 Å². The summed E-state index contributed by atoms with van der Waals surface area (Å²) in [6, 6.07) is 1.96. The maximum Gasteiger partial charge on any atom is 0.121 e. The van der Waals surface area contributed by atoms with E-state index in [1.165, 1.54) is 5.69 Å². The van der Waals surface area contributed by atoms with Crippen molar-refractivity contribution in [1.29, 1.82) is 0 Å². The van der Waals surface area contributed by atoms with E-state index in [0.717, 1.165) is 5.69 Å². The normalized spacial score (nSPS) is 14.7. The molecule has 0 spiro atoms. The first-order chi connectivity index (χ1) is 4.88. The van der Waals surface area contributed by atoms with Crippen LogP contribution in [0.5, 0.6) is 0 Å². The predicted molar refractivity (Wildman–Crippen MR) is 48.7 cm³/mol. The molecule has 0 fully saturated rings.